The molecule has 1 aromatic rings. The van der Waals surface area contributed by atoms with Crippen LogP contribution in [-0.2, 0) is 4.74 Å². The van der Waals surface area contributed by atoms with Crippen LogP contribution in [0, 0.1) is 0 Å². The Hall–Kier alpha value is -1.35. The molecule has 0 heterocycles. The SMILES string of the molecule is CCC(=O)c1cc(Cl)ccc1C(=O)OC. The maximum Gasteiger partial charge on any atom is 0.338 e. The fourth-order valence-corrected chi connectivity index (χ4v) is 1.40. The summed E-state index contributed by atoms with van der Waals surface area (Å²) < 4.78 is 4.58. The second kappa shape index (κ2) is 4.94. The summed E-state index contributed by atoms with van der Waals surface area (Å²) in [6, 6.07) is 4.54. The molecule has 0 aliphatic rings. The fourth-order valence-electron chi connectivity index (χ4n) is 1.23. The van der Waals surface area contributed by atoms with Crippen molar-refractivity contribution < 1.29 is 14.3 Å². The molecule has 0 radical (unpaired) electrons. The topological polar surface area (TPSA) is 43.4 Å². The lowest BCUT2D eigenvalue weighted by Crippen LogP contribution is -2.09. The van der Waals surface area contributed by atoms with Crippen molar-refractivity contribution in [2.45, 2.75) is 13.3 Å². The predicted molar refractivity (Wildman–Crippen MR) is 57.4 cm³/mol. The Morgan fingerprint density at radius 3 is 2.53 bits per heavy atom. The van der Waals surface area contributed by atoms with Crippen LogP contribution >= 0.6 is 11.6 Å². The standard InChI is InChI=1S/C11H11ClO3/c1-3-10(13)9-6-7(12)4-5-8(9)11(14)15-2/h4-6H,3H2,1-2H3. The normalized spacial score (nSPS) is 9.80. The maximum atomic E-state index is 11.5. The van der Waals surface area contributed by atoms with Gasteiger partial charge in [0.25, 0.3) is 0 Å². The Balaban J connectivity index is 3.26. The van der Waals surface area contributed by atoms with E-state index in [0.717, 1.165) is 0 Å². The summed E-state index contributed by atoms with van der Waals surface area (Å²) in [5, 5.41) is 0.430. The zero-order valence-electron chi connectivity index (χ0n) is 8.54. The summed E-state index contributed by atoms with van der Waals surface area (Å²) in [6.45, 7) is 1.73. The molecule has 0 bridgehead atoms. The molecule has 0 saturated carbocycles. The van der Waals surface area contributed by atoms with Crippen LogP contribution < -0.4 is 0 Å². The van der Waals surface area contributed by atoms with Gasteiger partial charge in [-0.3, -0.25) is 4.79 Å². The number of ether oxygens (including phenoxy) is 1. The number of halogens is 1. The van der Waals surface area contributed by atoms with Crippen molar-refractivity contribution in [3.05, 3.63) is 34.3 Å². The Bertz CT molecular complexity index is 399. The van der Waals surface area contributed by atoms with Crippen LogP contribution in [0.4, 0.5) is 0 Å². The van der Waals surface area contributed by atoms with Gasteiger partial charge in [0, 0.05) is 17.0 Å². The number of hydrogen-bond acceptors (Lipinski definition) is 3. The first-order chi connectivity index (χ1) is 7.10. The lowest BCUT2D eigenvalue weighted by atomic mass is 10.0. The number of rotatable bonds is 3. The average molecular weight is 227 g/mol. The Morgan fingerprint density at radius 1 is 1.33 bits per heavy atom. The third kappa shape index (κ3) is 2.57. The monoisotopic (exact) mass is 226 g/mol. The number of benzene rings is 1. The van der Waals surface area contributed by atoms with Crippen molar-refractivity contribution in [1.82, 2.24) is 0 Å². The van der Waals surface area contributed by atoms with E-state index in [1.807, 2.05) is 0 Å². The number of methoxy groups -OCH3 is 1. The van der Waals surface area contributed by atoms with Gasteiger partial charge in [0.05, 0.1) is 12.7 Å². The van der Waals surface area contributed by atoms with Crippen LogP contribution in [0.2, 0.25) is 5.02 Å². The van der Waals surface area contributed by atoms with Gasteiger partial charge in [0.1, 0.15) is 0 Å². The molecule has 0 aliphatic carbocycles. The van der Waals surface area contributed by atoms with Crippen LogP contribution in [0.1, 0.15) is 34.1 Å². The third-order valence-corrected chi connectivity index (χ3v) is 2.24. The van der Waals surface area contributed by atoms with Gasteiger partial charge in [0.2, 0.25) is 0 Å². The van der Waals surface area contributed by atoms with E-state index in [1.54, 1.807) is 13.0 Å². The number of Topliss-reactive ketones (excluding diaryl/α,β-unsaturated/α-hetero) is 1. The Morgan fingerprint density at radius 2 is 2.00 bits per heavy atom. The van der Waals surface area contributed by atoms with Crippen LogP contribution in [0.25, 0.3) is 0 Å². The van der Waals surface area contributed by atoms with Crippen molar-refractivity contribution in [2.24, 2.45) is 0 Å². The van der Waals surface area contributed by atoms with Gasteiger partial charge >= 0.3 is 5.97 Å². The molecule has 0 amide bonds. The van der Waals surface area contributed by atoms with Gasteiger partial charge in [-0.25, -0.2) is 4.79 Å². The van der Waals surface area contributed by atoms with Gasteiger partial charge < -0.3 is 4.74 Å². The summed E-state index contributed by atoms with van der Waals surface area (Å²) >= 11 is 5.76. The quantitative estimate of drug-likeness (QED) is 0.588. The molecule has 0 atom stereocenters. The van der Waals surface area contributed by atoms with E-state index in [4.69, 9.17) is 11.6 Å². The smallest absolute Gasteiger partial charge is 0.338 e. The molecule has 15 heavy (non-hydrogen) atoms. The molecular weight excluding hydrogens is 216 g/mol. The van der Waals surface area contributed by atoms with Crippen molar-refractivity contribution in [3.8, 4) is 0 Å². The Labute approximate surface area is 93.0 Å². The summed E-state index contributed by atoms with van der Waals surface area (Å²) in [5.74, 6) is -0.652. The molecule has 1 rings (SSSR count). The van der Waals surface area contributed by atoms with E-state index < -0.39 is 5.97 Å². The molecule has 3 nitrogen and oxygen atoms in total. The van der Waals surface area contributed by atoms with Crippen molar-refractivity contribution in [3.63, 3.8) is 0 Å². The first-order valence-electron chi connectivity index (χ1n) is 4.51. The summed E-state index contributed by atoms with van der Waals surface area (Å²) in [7, 11) is 1.27. The molecule has 0 saturated heterocycles. The van der Waals surface area contributed by atoms with E-state index in [-0.39, 0.29) is 11.3 Å². The van der Waals surface area contributed by atoms with Crippen molar-refractivity contribution in [2.75, 3.05) is 7.11 Å². The Kier molecular flexibility index (Phi) is 3.86. The summed E-state index contributed by atoms with van der Waals surface area (Å²) in [4.78, 5) is 22.9. The first-order valence-corrected chi connectivity index (χ1v) is 4.89. The average Bonchev–Trinajstić information content (AvgIpc) is 2.26. The number of ketones is 1. The highest BCUT2D eigenvalue weighted by Crippen LogP contribution is 2.18. The van der Waals surface area contributed by atoms with Gasteiger partial charge in [-0.2, -0.15) is 0 Å². The van der Waals surface area contributed by atoms with E-state index in [0.29, 0.717) is 17.0 Å². The molecule has 0 fully saturated rings. The first kappa shape index (κ1) is 11.7. The van der Waals surface area contributed by atoms with E-state index >= 15 is 0 Å². The molecule has 0 N–H and O–H groups in total. The number of hydrogen-bond donors (Lipinski definition) is 0. The third-order valence-electron chi connectivity index (χ3n) is 2.01. The zero-order chi connectivity index (χ0) is 11.4. The molecule has 0 spiro atoms. The molecule has 1 aromatic carbocycles. The van der Waals surface area contributed by atoms with Gasteiger partial charge in [-0.1, -0.05) is 18.5 Å². The minimum Gasteiger partial charge on any atom is -0.465 e. The molecule has 0 unspecified atom stereocenters. The van der Waals surface area contributed by atoms with Gasteiger partial charge in [-0.15, -0.1) is 0 Å². The molecular formula is C11H11ClO3. The minimum atomic E-state index is -0.525. The molecule has 80 valence electrons. The van der Waals surface area contributed by atoms with Crippen molar-refractivity contribution >= 4 is 23.4 Å². The predicted octanol–water partition coefficient (Wildman–Crippen LogP) is 2.72. The van der Waals surface area contributed by atoms with Crippen LogP contribution in [-0.4, -0.2) is 18.9 Å². The highest BCUT2D eigenvalue weighted by atomic mass is 35.5. The lowest BCUT2D eigenvalue weighted by Gasteiger charge is -2.06. The second-order valence-electron chi connectivity index (χ2n) is 2.96. The van der Waals surface area contributed by atoms with Gasteiger partial charge in [0.15, 0.2) is 5.78 Å². The van der Waals surface area contributed by atoms with E-state index in [2.05, 4.69) is 4.74 Å². The highest BCUT2D eigenvalue weighted by molar-refractivity contribution is 6.31. The van der Waals surface area contributed by atoms with Crippen LogP contribution in [0.3, 0.4) is 0 Å². The highest BCUT2D eigenvalue weighted by Gasteiger charge is 2.16. The zero-order valence-corrected chi connectivity index (χ0v) is 9.30. The lowest BCUT2D eigenvalue weighted by molar-refractivity contribution is 0.0597. The van der Waals surface area contributed by atoms with E-state index in [1.165, 1.54) is 19.2 Å². The largest absolute Gasteiger partial charge is 0.465 e. The maximum absolute atomic E-state index is 11.5. The molecule has 4 heteroatoms. The van der Waals surface area contributed by atoms with Gasteiger partial charge in [-0.05, 0) is 18.2 Å². The molecule has 0 aromatic heterocycles. The fraction of sp³-hybridized carbons (Fsp3) is 0.273. The number of esters is 1. The molecule has 0 aliphatic heterocycles. The summed E-state index contributed by atoms with van der Waals surface area (Å²) in [5.41, 5.74) is 0.575. The van der Waals surface area contributed by atoms with Crippen molar-refractivity contribution in [1.29, 1.82) is 0 Å². The van der Waals surface area contributed by atoms with Crippen LogP contribution in [0.15, 0.2) is 18.2 Å². The van der Waals surface area contributed by atoms with E-state index in [9.17, 15) is 9.59 Å². The second-order valence-corrected chi connectivity index (χ2v) is 3.39. The summed E-state index contributed by atoms with van der Waals surface area (Å²) in [6.07, 6.45) is 0.324. The van der Waals surface area contributed by atoms with Crippen LogP contribution in [0.5, 0.6) is 0 Å². The minimum absolute atomic E-state index is 0.127. The number of carbonyl (C=O) groups excluding carboxylic acids is 2. The number of carbonyl (C=O) groups is 2.